The number of anilines is 4. The van der Waals surface area contributed by atoms with Crippen molar-refractivity contribution in [3.63, 3.8) is 0 Å². The minimum atomic E-state index is -4.67. The van der Waals surface area contributed by atoms with E-state index >= 15 is 0 Å². The second-order valence-electron chi connectivity index (χ2n) is 6.23. The highest BCUT2D eigenvalue weighted by Gasteiger charge is 1.90. The van der Waals surface area contributed by atoms with E-state index in [0.717, 1.165) is 39.4 Å². The van der Waals surface area contributed by atoms with Gasteiger partial charge in [0.2, 0.25) is 0 Å². The molecule has 0 saturated carbocycles. The number of aryl methyl sites for hydroxylation is 1. The first-order valence-electron chi connectivity index (χ1n) is 8.64. The van der Waals surface area contributed by atoms with Crippen molar-refractivity contribution in [1.29, 1.82) is 0 Å². The third-order valence-corrected chi connectivity index (χ3v) is 3.64. The van der Waals surface area contributed by atoms with Crippen LogP contribution < -0.4 is 22.9 Å². The molecule has 0 bridgehead atoms. The molecule has 0 aliphatic rings. The summed E-state index contributed by atoms with van der Waals surface area (Å²) in [4.78, 5) is 0. The molecule has 0 unspecified atom stereocenters. The third-order valence-electron chi connectivity index (χ3n) is 3.64. The fourth-order valence-electron chi connectivity index (χ4n) is 2.11. The van der Waals surface area contributed by atoms with E-state index in [-0.39, 0.29) is 0 Å². The van der Waals surface area contributed by atoms with Crippen molar-refractivity contribution in [2.45, 2.75) is 6.92 Å². The SMILES string of the molecule is Cc1cc(N)ccc1N.Nc1ccc(C=Cc2ccc(N)cc2)cc1.O=S(=O)(O)O. The van der Waals surface area contributed by atoms with E-state index in [1.54, 1.807) is 6.07 Å². The quantitative estimate of drug-likeness (QED) is 0.203. The van der Waals surface area contributed by atoms with Crippen LogP contribution in [0.3, 0.4) is 0 Å². The monoisotopic (exact) mass is 430 g/mol. The van der Waals surface area contributed by atoms with Crippen LogP contribution in [0.4, 0.5) is 22.7 Å². The van der Waals surface area contributed by atoms with E-state index in [4.69, 9.17) is 40.5 Å². The van der Waals surface area contributed by atoms with Crippen molar-refractivity contribution in [2.24, 2.45) is 0 Å². The molecule has 0 aliphatic carbocycles. The van der Waals surface area contributed by atoms with Crippen LogP contribution in [0.1, 0.15) is 16.7 Å². The Balaban J connectivity index is 0.000000270. The number of hydrogen-bond donors (Lipinski definition) is 6. The van der Waals surface area contributed by atoms with Crippen LogP contribution in [0.5, 0.6) is 0 Å². The van der Waals surface area contributed by atoms with Gasteiger partial charge < -0.3 is 22.9 Å². The zero-order valence-corrected chi connectivity index (χ0v) is 17.3. The maximum absolute atomic E-state index is 8.74. The number of nitrogens with two attached hydrogens (primary N) is 4. The maximum Gasteiger partial charge on any atom is 0.394 e. The molecule has 0 spiro atoms. The van der Waals surface area contributed by atoms with Crippen LogP contribution in [-0.4, -0.2) is 17.5 Å². The molecule has 0 radical (unpaired) electrons. The fourth-order valence-corrected chi connectivity index (χ4v) is 2.11. The van der Waals surface area contributed by atoms with E-state index in [9.17, 15) is 0 Å². The van der Waals surface area contributed by atoms with Crippen molar-refractivity contribution in [2.75, 3.05) is 22.9 Å². The van der Waals surface area contributed by atoms with Gasteiger partial charge in [-0.15, -0.1) is 0 Å². The van der Waals surface area contributed by atoms with Gasteiger partial charge in [0, 0.05) is 22.7 Å². The minimum absolute atomic E-state index is 0.765. The lowest BCUT2D eigenvalue weighted by atomic mass is 10.1. The number of rotatable bonds is 2. The van der Waals surface area contributed by atoms with Gasteiger partial charge in [0.05, 0.1) is 0 Å². The van der Waals surface area contributed by atoms with E-state index in [0.29, 0.717) is 0 Å². The molecule has 0 aliphatic heterocycles. The van der Waals surface area contributed by atoms with Crippen molar-refractivity contribution < 1.29 is 17.5 Å². The van der Waals surface area contributed by atoms with E-state index in [1.807, 2.05) is 79.7 Å². The number of nitrogen functional groups attached to an aromatic ring is 4. The summed E-state index contributed by atoms with van der Waals surface area (Å²) < 4.78 is 31.6. The van der Waals surface area contributed by atoms with Crippen LogP contribution in [-0.2, 0) is 10.4 Å². The summed E-state index contributed by atoms with van der Waals surface area (Å²) in [5.41, 5.74) is 28.7. The van der Waals surface area contributed by atoms with Crippen molar-refractivity contribution in [1.82, 2.24) is 0 Å². The standard InChI is InChI=1S/C14H14N2.C7H10N2.H2O4S/c15-13-7-3-11(4-8-13)1-2-12-5-9-14(16)10-6-12;1-5-4-6(8)2-3-7(5)9;1-5(2,3)4/h1-10H,15-16H2;2-4H,8-9H2,1H3;(H2,1,2,3,4). The molecular weight excluding hydrogens is 404 g/mol. The predicted octanol–water partition coefficient (Wildman–Crippen LogP) is 3.53. The van der Waals surface area contributed by atoms with Gasteiger partial charge in [-0.2, -0.15) is 8.42 Å². The van der Waals surface area contributed by atoms with Crippen molar-refractivity contribution >= 4 is 45.3 Å². The Morgan fingerprint density at radius 2 is 1.00 bits per heavy atom. The molecule has 30 heavy (non-hydrogen) atoms. The largest absolute Gasteiger partial charge is 0.399 e. The molecule has 160 valence electrons. The molecule has 0 atom stereocenters. The zero-order valence-electron chi connectivity index (χ0n) is 16.4. The van der Waals surface area contributed by atoms with Gasteiger partial charge in [0.25, 0.3) is 0 Å². The molecule has 10 N–H and O–H groups in total. The average Bonchev–Trinajstić information content (AvgIpc) is 2.65. The van der Waals surface area contributed by atoms with Crippen molar-refractivity contribution in [3.05, 3.63) is 83.4 Å². The minimum Gasteiger partial charge on any atom is -0.399 e. The lowest BCUT2D eigenvalue weighted by Gasteiger charge is -1.98. The Labute approximate surface area is 176 Å². The second-order valence-corrected chi connectivity index (χ2v) is 7.13. The summed E-state index contributed by atoms with van der Waals surface area (Å²) in [7, 11) is -4.67. The summed E-state index contributed by atoms with van der Waals surface area (Å²) in [5.74, 6) is 0. The Hall–Kier alpha value is -3.53. The fraction of sp³-hybridized carbons (Fsp3) is 0.0476. The predicted molar refractivity (Wildman–Crippen MR) is 125 cm³/mol. The van der Waals surface area contributed by atoms with Crippen LogP contribution >= 0.6 is 0 Å². The Morgan fingerprint density at radius 1 is 0.667 bits per heavy atom. The molecule has 9 heteroatoms. The van der Waals surface area contributed by atoms with Crippen LogP contribution in [0.25, 0.3) is 12.2 Å². The highest BCUT2D eigenvalue weighted by molar-refractivity contribution is 7.79. The molecule has 0 aromatic heterocycles. The van der Waals surface area contributed by atoms with Gasteiger partial charge in [-0.3, -0.25) is 9.11 Å². The summed E-state index contributed by atoms with van der Waals surface area (Å²) in [5, 5.41) is 0. The molecule has 3 aromatic rings. The molecule has 8 nitrogen and oxygen atoms in total. The first-order valence-corrected chi connectivity index (χ1v) is 10.0. The zero-order chi connectivity index (χ0) is 22.7. The maximum atomic E-state index is 8.74. The molecule has 0 heterocycles. The van der Waals surface area contributed by atoms with Crippen LogP contribution in [0.2, 0.25) is 0 Å². The van der Waals surface area contributed by atoms with Crippen LogP contribution in [0.15, 0.2) is 66.7 Å². The summed E-state index contributed by atoms with van der Waals surface area (Å²) in [6, 6.07) is 21.0. The van der Waals surface area contributed by atoms with E-state index in [2.05, 4.69) is 0 Å². The smallest absolute Gasteiger partial charge is 0.394 e. The van der Waals surface area contributed by atoms with Gasteiger partial charge in [0.1, 0.15) is 0 Å². The average molecular weight is 431 g/mol. The van der Waals surface area contributed by atoms with E-state index in [1.165, 1.54) is 0 Å². The third kappa shape index (κ3) is 11.3. The summed E-state index contributed by atoms with van der Waals surface area (Å²) >= 11 is 0. The summed E-state index contributed by atoms with van der Waals surface area (Å²) in [6.45, 7) is 1.94. The Morgan fingerprint density at radius 3 is 1.30 bits per heavy atom. The summed E-state index contributed by atoms with van der Waals surface area (Å²) in [6.07, 6.45) is 4.09. The highest BCUT2D eigenvalue weighted by Crippen LogP contribution is 2.13. The van der Waals surface area contributed by atoms with E-state index < -0.39 is 10.4 Å². The molecule has 0 saturated heterocycles. The second kappa shape index (κ2) is 11.5. The van der Waals surface area contributed by atoms with Crippen LogP contribution in [0, 0.1) is 6.92 Å². The molecular formula is C21H26N4O4S. The molecule has 0 fully saturated rings. The lowest BCUT2D eigenvalue weighted by molar-refractivity contribution is 0.381. The van der Waals surface area contributed by atoms with Gasteiger partial charge in [-0.1, -0.05) is 36.4 Å². The van der Waals surface area contributed by atoms with Gasteiger partial charge in [-0.25, -0.2) is 0 Å². The first kappa shape index (κ1) is 24.5. The first-order chi connectivity index (χ1) is 13.9. The number of hydrogen-bond acceptors (Lipinski definition) is 6. The molecule has 3 rings (SSSR count). The highest BCUT2D eigenvalue weighted by atomic mass is 32.3. The van der Waals surface area contributed by atoms with Gasteiger partial charge >= 0.3 is 10.4 Å². The van der Waals surface area contributed by atoms with Gasteiger partial charge in [-0.05, 0) is 66.1 Å². The number of benzene rings is 3. The topological polar surface area (TPSA) is 179 Å². The molecule has 0 amide bonds. The van der Waals surface area contributed by atoms with Gasteiger partial charge in [0.15, 0.2) is 0 Å². The molecule has 3 aromatic carbocycles. The normalized spacial score (nSPS) is 10.5. The van der Waals surface area contributed by atoms with Crippen molar-refractivity contribution in [3.8, 4) is 0 Å². The Bertz CT molecular complexity index is 1010. The Kier molecular flexibility index (Phi) is 9.37. The lowest BCUT2D eigenvalue weighted by Crippen LogP contribution is -1.91.